The van der Waals surface area contributed by atoms with Crippen molar-refractivity contribution in [1.29, 1.82) is 0 Å². The van der Waals surface area contributed by atoms with Crippen LogP contribution in [0.2, 0.25) is 5.02 Å². The minimum absolute atomic E-state index is 0.0298. The number of urea groups is 1. The molecule has 34 heavy (non-hydrogen) atoms. The highest BCUT2D eigenvalue weighted by Gasteiger charge is 2.39. The van der Waals surface area contributed by atoms with E-state index >= 15 is 0 Å². The number of likely N-dealkylation sites (N-methyl/N-ethyl adjacent to an activating group) is 1. The van der Waals surface area contributed by atoms with Crippen molar-refractivity contribution in [1.82, 2.24) is 20.0 Å². The number of amides is 3. The zero-order chi connectivity index (χ0) is 25.0. The van der Waals surface area contributed by atoms with Crippen LogP contribution in [0.4, 0.5) is 4.79 Å². The average molecular weight is 491 g/mol. The standard InChI is InChI=1S/C25H35ClN4O4/c1-6-29-20(15-28-12-13-30(17(5)14-28)23(31)16(3)4)21(24(32)34-7-2)22(27-25(29)33)18-10-8-9-11-19(18)26/h8-11,16-17,22H,6-7,12-15H2,1-5H3,(H,27,33)/t17-,22+/m0/s1. The predicted molar refractivity (Wildman–Crippen MR) is 131 cm³/mol. The van der Waals surface area contributed by atoms with E-state index in [0.717, 1.165) is 0 Å². The lowest BCUT2D eigenvalue weighted by atomic mass is 9.94. The summed E-state index contributed by atoms with van der Waals surface area (Å²) in [5, 5.41) is 3.41. The van der Waals surface area contributed by atoms with Gasteiger partial charge in [-0.05, 0) is 32.4 Å². The number of nitrogens with zero attached hydrogens (tertiary/aromatic N) is 3. The Labute approximate surface area is 206 Å². The lowest BCUT2D eigenvalue weighted by molar-refractivity contribution is -0.139. The summed E-state index contributed by atoms with van der Waals surface area (Å²) in [4.78, 5) is 44.6. The van der Waals surface area contributed by atoms with Crippen molar-refractivity contribution < 1.29 is 19.1 Å². The van der Waals surface area contributed by atoms with Gasteiger partial charge in [-0.2, -0.15) is 0 Å². The van der Waals surface area contributed by atoms with Gasteiger partial charge in [0.25, 0.3) is 0 Å². The Kier molecular flexibility index (Phi) is 8.60. The molecule has 1 fully saturated rings. The first-order valence-corrected chi connectivity index (χ1v) is 12.3. The zero-order valence-electron chi connectivity index (χ0n) is 20.6. The van der Waals surface area contributed by atoms with Crippen LogP contribution in [0.1, 0.15) is 46.2 Å². The van der Waals surface area contributed by atoms with Crippen molar-refractivity contribution in [2.24, 2.45) is 5.92 Å². The first kappa shape index (κ1) is 26.0. The summed E-state index contributed by atoms with van der Waals surface area (Å²) < 4.78 is 5.43. The molecule has 0 aromatic heterocycles. The maximum atomic E-state index is 13.2. The van der Waals surface area contributed by atoms with Crippen LogP contribution in [0, 0.1) is 5.92 Å². The molecule has 0 unspecified atom stereocenters. The third-order valence-corrected chi connectivity index (χ3v) is 6.67. The monoisotopic (exact) mass is 490 g/mol. The summed E-state index contributed by atoms with van der Waals surface area (Å²) >= 11 is 6.47. The topological polar surface area (TPSA) is 82.2 Å². The number of benzene rings is 1. The van der Waals surface area contributed by atoms with Crippen molar-refractivity contribution in [3.05, 3.63) is 46.1 Å². The van der Waals surface area contributed by atoms with Gasteiger partial charge in [0.05, 0.1) is 18.2 Å². The van der Waals surface area contributed by atoms with E-state index in [1.165, 1.54) is 0 Å². The van der Waals surface area contributed by atoms with E-state index in [-0.39, 0.29) is 30.5 Å². The minimum atomic E-state index is -0.709. The molecule has 186 valence electrons. The van der Waals surface area contributed by atoms with Gasteiger partial charge in [-0.25, -0.2) is 9.59 Å². The molecule has 0 aliphatic carbocycles. The summed E-state index contributed by atoms with van der Waals surface area (Å²) in [6.07, 6.45) is 0. The van der Waals surface area contributed by atoms with Crippen molar-refractivity contribution in [3.8, 4) is 0 Å². The lowest BCUT2D eigenvalue weighted by Crippen LogP contribution is -2.57. The molecule has 2 atom stereocenters. The Morgan fingerprint density at radius 3 is 2.50 bits per heavy atom. The van der Waals surface area contributed by atoms with E-state index in [9.17, 15) is 14.4 Å². The van der Waals surface area contributed by atoms with Gasteiger partial charge in [0.1, 0.15) is 0 Å². The van der Waals surface area contributed by atoms with Gasteiger partial charge in [-0.3, -0.25) is 14.6 Å². The molecule has 8 nitrogen and oxygen atoms in total. The fraction of sp³-hybridized carbons (Fsp3) is 0.560. The Morgan fingerprint density at radius 2 is 1.91 bits per heavy atom. The molecule has 0 radical (unpaired) electrons. The van der Waals surface area contributed by atoms with Crippen molar-refractivity contribution in [2.45, 2.75) is 46.7 Å². The van der Waals surface area contributed by atoms with Gasteiger partial charge >= 0.3 is 12.0 Å². The molecule has 2 heterocycles. The number of hydrogen-bond donors (Lipinski definition) is 1. The highest BCUT2D eigenvalue weighted by atomic mass is 35.5. The maximum Gasteiger partial charge on any atom is 0.338 e. The van der Waals surface area contributed by atoms with Crippen LogP contribution in [0.15, 0.2) is 35.5 Å². The molecule has 1 N–H and O–H groups in total. The largest absolute Gasteiger partial charge is 0.463 e. The number of hydrogen-bond acceptors (Lipinski definition) is 5. The number of carbonyl (C=O) groups excluding carboxylic acids is 3. The Morgan fingerprint density at radius 1 is 1.21 bits per heavy atom. The average Bonchev–Trinajstić information content (AvgIpc) is 2.79. The highest BCUT2D eigenvalue weighted by Crippen LogP contribution is 2.35. The van der Waals surface area contributed by atoms with Gasteiger partial charge in [0.2, 0.25) is 5.91 Å². The molecule has 3 rings (SSSR count). The minimum Gasteiger partial charge on any atom is -0.463 e. The first-order valence-electron chi connectivity index (χ1n) is 11.9. The molecule has 2 aliphatic heterocycles. The molecular formula is C25H35ClN4O4. The molecule has 9 heteroatoms. The van der Waals surface area contributed by atoms with E-state index in [1.54, 1.807) is 17.9 Å². The molecule has 1 aromatic rings. The summed E-state index contributed by atoms with van der Waals surface area (Å²) in [6, 6.07) is 6.23. The van der Waals surface area contributed by atoms with Crippen molar-refractivity contribution in [3.63, 3.8) is 0 Å². The number of rotatable bonds is 7. The Balaban J connectivity index is 1.99. The second kappa shape index (κ2) is 11.2. The molecule has 3 amide bonds. The lowest BCUT2D eigenvalue weighted by Gasteiger charge is -2.43. The third kappa shape index (κ3) is 5.39. The van der Waals surface area contributed by atoms with E-state index in [4.69, 9.17) is 16.3 Å². The molecule has 1 aromatic carbocycles. The van der Waals surface area contributed by atoms with Crippen LogP contribution in [0.25, 0.3) is 0 Å². The fourth-order valence-electron chi connectivity index (χ4n) is 4.65. The SMILES string of the molecule is CCOC(=O)C1=C(CN2CCN(C(=O)C(C)C)[C@@H](C)C2)N(CC)C(=O)N[C@@H]1c1ccccc1Cl. The van der Waals surface area contributed by atoms with E-state index in [1.807, 2.05) is 50.8 Å². The van der Waals surface area contributed by atoms with Gasteiger partial charge in [-0.1, -0.05) is 43.6 Å². The quantitative estimate of drug-likeness (QED) is 0.592. The maximum absolute atomic E-state index is 13.2. The summed E-state index contributed by atoms with van der Waals surface area (Å²) in [7, 11) is 0. The first-order chi connectivity index (χ1) is 16.2. The van der Waals surface area contributed by atoms with Crippen LogP contribution < -0.4 is 5.32 Å². The van der Waals surface area contributed by atoms with Gasteiger partial charge in [-0.15, -0.1) is 0 Å². The Bertz CT molecular complexity index is 964. The number of piperazine rings is 1. The molecular weight excluding hydrogens is 456 g/mol. The summed E-state index contributed by atoms with van der Waals surface area (Å²) in [5.41, 5.74) is 1.66. The number of nitrogens with one attached hydrogen (secondary N) is 1. The molecule has 0 spiro atoms. The zero-order valence-corrected chi connectivity index (χ0v) is 21.4. The van der Waals surface area contributed by atoms with Crippen LogP contribution >= 0.6 is 11.6 Å². The molecule has 2 aliphatic rings. The van der Waals surface area contributed by atoms with Crippen LogP contribution in [-0.2, 0) is 14.3 Å². The molecule has 0 bridgehead atoms. The van der Waals surface area contributed by atoms with Crippen LogP contribution in [0.5, 0.6) is 0 Å². The molecule has 1 saturated heterocycles. The van der Waals surface area contributed by atoms with Crippen LogP contribution in [0.3, 0.4) is 0 Å². The van der Waals surface area contributed by atoms with Crippen molar-refractivity contribution >= 4 is 29.5 Å². The number of halogens is 1. The summed E-state index contributed by atoms with van der Waals surface area (Å²) in [5.74, 6) is -0.381. The second-order valence-electron chi connectivity index (χ2n) is 9.00. The molecule has 0 saturated carbocycles. The van der Waals surface area contributed by atoms with E-state index in [0.29, 0.717) is 54.6 Å². The van der Waals surface area contributed by atoms with Gasteiger partial charge in [0, 0.05) is 55.4 Å². The highest BCUT2D eigenvalue weighted by molar-refractivity contribution is 6.31. The van der Waals surface area contributed by atoms with Gasteiger partial charge in [0.15, 0.2) is 0 Å². The van der Waals surface area contributed by atoms with E-state index in [2.05, 4.69) is 10.2 Å². The Hall–Kier alpha value is -2.58. The predicted octanol–water partition coefficient (Wildman–Crippen LogP) is 3.43. The van der Waals surface area contributed by atoms with Crippen molar-refractivity contribution in [2.75, 3.05) is 39.3 Å². The second-order valence-corrected chi connectivity index (χ2v) is 9.41. The third-order valence-electron chi connectivity index (χ3n) is 6.33. The number of esters is 1. The van der Waals surface area contributed by atoms with E-state index < -0.39 is 12.0 Å². The number of carbonyl (C=O) groups is 3. The summed E-state index contributed by atoms with van der Waals surface area (Å²) in [6.45, 7) is 12.4. The normalized spacial score (nSPS) is 21.7. The number of ether oxygens (including phenoxy) is 1. The van der Waals surface area contributed by atoms with Gasteiger partial charge < -0.3 is 15.0 Å². The van der Waals surface area contributed by atoms with Crippen LogP contribution in [-0.4, -0.2) is 78.0 Å². The fourth-order valence-corrected chi connectivity index (χ4v) is 4.89. The smallest absolute Gasteiger partial charge is 0.338 e.